The highest BCUT2D eigenvalue weighted by molar-refractivity contribution is 5.93. The minimum Gasteiger partial charge on any atom is -0.481 e. The van der Waals surface area contributed by atoms with Gasteiger partial charge in [-0.15, -0.1) is 0 Å². The summed E-state index contributed by atoms with van der Waals surface area (Å²) in [6, 6.07) is 6.32. The molecule has 1 aromatic carbocycles. The van der Waals surface area contributed by atoms with E-state index in [9.17, 15) is 19.7 Å². The Morgan fingerprint density at radius 3 is 2.48 bits per heavy atom. The Balaban J connectivity index is 1.98. The maximum atomic E-state index is 11.6. The van der Waals surface area contributed by atoms with Crippen molar-refractivity contribution in [3.63, 3.8) is 0 Å². The highest BCUT2D eigenvalue weighted by Crippen LogP contribution is 2.22. The Morgan fingerprint density at radius 2 is 1.90 bits per heavy atom. The van der Waals surface area contributed by atoms with E-state index in [1.165, 1.54) is 17.0 Å². The third-order valence-corrected chi connectivity index (χ3v) is 3.34. The summed E-state index contributed by atoms with van der Waals surface area (Å²) in [5, 5.41) is 19.4. The monoisotopic (exact) mass is 293 g/mol. The summed E-state index contributed by atoms with van der Waals surface area (Å²) in [6.07, 6.45) is -0.503. The van der Waals surface area contributed by atoms with Crippen LogP contribution in [-0.2, 0) is 9.59 Å². The van der Waals surface area contributed by atoms with Crippen LogP contribution in [0.3, 0.4) is 0 Å². The van der Waals surface area contributed by atoms with Gasteiger partial charge in [-0.2, -0.15) is 0 Å². The minimum atomic E-state index is -1.14. The second kappa shape index (κ2) is 6.21. The number of rotatable bonds is 4. The number of carbonyl (C=O) groups is 2. The number of nitro groups is 1. The van der Waals surface area contributed by atoms with Crippen molar-refractivity contribution in [2.24, 2.45) is 0 Å². The molecule has 1 amide bonds. The molecule has 112 valence electrons. The van der Waals surface area contributed by atoms with Crippen molar-refractivity contribution >= 4 is 23.3 Å². The molecule has 21 heavy (non-hydrogen) atoms. The van der Waals surface area contributed by atoms with Gasteiger partial charge < -0.3 is 14.9 Å². The second-order valence-corrected chi connectivity index (χ2v) is 4.72. The SMILES string of the molecule is O=C(O)CC(=O)N1CCN(c2cccc([N+](=O)[O-])c2)CC1. The molecule has 0 spiro atoms. The molecule has 1 aliphatic rings. The predicted octanol–water partition coefficient (Wildman–Crippen LogP) is 0.718. The van der Waals surface area contributed by atoms with Crippen molar-refractivity contribution in [3.05, 3.63) is 34.4 Å². The van der Waals surface area contributed by atoms with Gasteiger partial charge in [-0.05, 0) is 6.07 Å². The lowest BCUT2D eigenvalue weighted by molar-refractivity contribution is -0.384. The van der Waals surface area contributed by atoms with Gasteiger partial charge in [-0.3, -0.25) is 19.7 Å². The van der Waals surface area contributed by atoms with Crippen molar-refractivity contribution in [1.82, 2.24) is 4.90 Å². The van der Waals surface area contributed by atoms with Gasteiger partial charge in [-0.1, -0.05) is 6.07 Å². The van der Waals surface area contributed by atoms with E-state index in [0.29, 0.717) is 26.2 Å². The molecule has 0 radical (unpaired) electrons. The number of carboxylic acids is 1. The van der Waals surface area contributed by atoms with Crippen molar-refractivity contribution in [3.8, 4) is 0 Å². The number of carbonyl (C=O) groups excluding carboxylic acids is 1. The van der Waals surface area contributed by atoms with E-state index in [1.54, 1.807) is 12.1 Å². The number of aliphatic carboxylic acids is 1. The van der Waals surface area contributed by atoms with Gasteiger partial charge in [0, 0.05) is 44.0 Å². The van der Waals surface area contributed by atoms with Crippen LogP contribution < -0.4 is 4.90 Å². The highest BCUT2D eigenvalue weighted by atomic mass is 16.6. The van der Waals surface area contributed by atoms with Crippen LogP contribution >= 0.6 is 0 Å². The molecule has 1 aromatic rings. The lowest BCUT2D eigenvalue weighted by Gasteiger charge is -2.35. The molecular formula is C13H15N3O5. The topological polar surface area (TPSA) is 104 Å². The van der Waals surface area contributed by atoms with Gasteiger partial charge in [0.15, 0.2) is 0 Å². The van der Waals surface area contributed by atoms with E-state index in [4.69, 9.17) is 5.11 Å². The molecule has 8 heteroatoms. The molecule has 1 N–H and O–H groups in total. The Bertz CT molecular complexity index is 567. The molecule has 0 atom stereocenters. The van der Waals surface area contributed by atoms with Crippen LogP contribution in [0.25, 0.3) is 0 Å². The first-order chi connectivity index (χ1) is 9.97. The number of carboxylic acid groups (broad SMARTS) is 1. The Kier molecular flexibility index (Phi) is 4.36. The van der Waals surface area contributed by atoms with Gasteiger partial charge in [0.05, 0.1) is 4.92 Å². The van der Waals surface area contributed by atoms with Crippen molar-refractivity contribution < 1.29 is 19.6 Å². The van der Waals surface area contributed by atoms with Crippen LogP contribution in [0.15, 0.2) is 24.3 Å². The summed E-state index contributed by atoms with van der Waals surface area (Å²) >= 11 is 0. The van der Waals surface area contributed by atoms with Crippen molar-refractivity contribution in [2.75, 3.05) is 31.1 Å². The number of nitrogens with zero attached hydrogens (tertiary/aromatic N) is 3. The predicted molar refractivity (Wildman–Crippen MR) is 74.1 cm³/mol. The summed E-state index contributed by atoms with van der Waals surface area (Å²) in [5.41, 5.74) is 0.756. The molecule has 1 heterocycles. The molecule has 8 nitrogen and oxygen atoms in total. The van der Waals surface area contributed by atoms with Gasteiger partial charge >= 0.3 is 5.97 Å². The van der Waals surface area contributed by atoms with Crippen LogP contribution in [-0.4, -0.2) is 53.0 Å². The number of amides is 1. The first-order valence-corrected chi connectivity index (χ1v) is 6.46. The number of hydrogen-bond donors (Lipinski definition) is 1. The molecule has 1 fully saturated rings. The van der Waals surface area contributed by atoms with E-state index >= 15 is 0 Å². The van der Waals surface area contributed by atoms with E-state index in [-0.39, 0.29) is 5.69 Å². The lowest BCUT2D eigenvalue weighted by atomic mass is 10.2. The molecule has 0 unspecified atom stereocenters. The van der Waals surface area contributed by atoms with E-state index < -0.39 is 23.2 Å². The average molecular weight is 293 g/mol. The molecule has 1 aliphatic heterocycles. The van der Waals surface area contributed by atoms with Crippen molar-refractivity contribution in [2.45, 2.75) is 6.42 Å². The fourth-order valence-electron chi connectivity index (χ4n) is 2.26. The van der Waals surface area contributed by atoms with E-state index in [0.717, 1.165) is 5.69 Å². The first-order valence-electron chi connectivity index (χ1n) is 6.46. The third-order valence-electron chi connectivity index (χ3n) is 3.34. The Labute approximate surface area is 120 Å². The lowest BCUT2D eigenvalue weighted by Crippen LogP contribution is -2.49. The van der Waals surface area contributed by atoms with E-state index in [2.05, 4.69) is 0 Å². The summed E-state index contributed by atoms with van der Waals surface area (Å²) in [6.45, 7) is 1.86. The fourth-order valence-corrected chi connectivity index (χ4v) is 2.26. The maximum absolute atomic E-state index is 11.6. The van der Waals surface area contributed by atoms with Crippen LogP contribution in [0.4, 0.5) is 11.4 Å². The van der Waals surface area contributed by atoms with Gasteiger partial charge in [0.25, 0.3) is 5.69 Å². The molecule has 0 saturated carbocycles. The summed E-state index contributed by atoms with van der Waals surface area (Å²) in [7, 11) is 0. The molecule has 2 rings (SSSR count). The third kappa shape index (κ3) is 3.68. The van der Waals surface area contributed by atoms with Crippen LogP contribution in [0, 0.1) is 10.1 Å². The normalized spacial score (nSPS) is 14.9. The van der Waals surface area contributed by atoms with Gasteiger partial charge in [0.1, 0.15) is 6.42 Å². The van der Waals surface area contributed by atoms with E-state index in [1.807, 2.05) is 4.90 Å². The van der Waals surface area contributed by atoms with Crippen LogP contribution in [0.2, 0.25) is 0 Å². The summed E-state index contributed by atoms with van der Waals surface area (Å²) in [5.74, 6) is -1.54. The molecule has 0 aromatic heterocycles. The minimum absolute atomic E-state index is 0.0249. The quantitative estimate of drug-likeness (QED) is 0.498. The van der Waals surface area contributed by atoms with Gasteiger partial charge in [0.2, 0.25) is 5.91 Å². The smallest absolute Gasteiger partial charge is 0.312 e. The summed E-state index contributed by atoms with van der Waals surface area (Å²) in [4.78, 5) is 35.9. The fraction of sp³-hybridized carbons (Fsp3) is 0.385. The molecule has 1 saturated heterocycles. The number of hydrogen-bond acceptors (Lipinski definition) is 5. The Hall–Kier alpha value is -2.64. The second-order valence-electron chi connectivity index (χ2n) is 4.72. The zero-order valence-electron chi connectivity index (χ0n) is 11.3. The standard InChI is InChI=1S/C13H15N3O5/c17-12(9-13(18)19)15-6-4-14(5-7-15)10-2-1-3-11(8-10)16(20)21/h1-3,8H,4-7,9H2,(H,18,19). The van der Waals surface area contributed by atoms with Gasteiger partial charge in [-0.25, -0.2) is 0 Å². The number of benzene rings is 1. The number of nitro benzene ring substituents is 1. The maximum Gasteiger partial charge on any atom is 0.312 e. The molecule has 0 bridgehead atoms. The van der Waals surface area contributed by atoms with Crippen molar-refractivity contribution in [1.29, 1.82) is 0 Å². The van der Waals surface area contributed by atoms with Crippen LogP contribution in [0.5, 0.6) is 0 Å². The average Bonchev–Trinajstić information content (AvgIpc) is 2.47. The molecule has 0 aliphatic carbocycles. The zero-order chi connectivity index (χ0) is 15.4. The Morgan fingerprint density at radius 1 is 1.24 bits per heavy atom. The first kappa shape index (κ1) is 14.8. The zero-order valence-corrected chi connectivity index (χ0v) is 11.3. The molecular weight excluding hydrogens is 278 g/mol. The number of piperazine rings is 1. The largest absolute Gasteiger partial charge is 0.481 e. The summed E-state index contributed by atoms with van der Waals surface area (Å²) < 4.78 is 0. The number of anilines is 1. The number of non-ortho nitro benzene ring substituents is 1. The van der Waals surface area contributed by atoms with Crippen LogP contribution in [0.1, 0.15) is 6.42 Å². The highest BCUT2D eigenvalue weighted by Gasteiger charge is 2.23.